The van der Waals surface area contributed by atoms with E-state index in [4.69, 9.17) is 0 Å². The van der Waals surface area contributed by atoms with Gasteiger partial charge in [0.1, 0.15) is 0 Å². The molecule has 2 heteroatoms. The molecule has 0 amide bonds. The Balaban J connectivity index is 1.83. The van der Waals surface area contributed by atoms with Crippen molar-refractivity contribution in [2.75, 3.05) is 4.90 Å². The van der Waals surface area contributed by atoms with Crippen molar-refractivity contribution in [3.05, 3.63) is 109 Å². The summed E-state index contributed by atoms with van der Waals surface area (Å²) in [6, 6.07) is 33.6. The second kappa shape index (κ2) is 7.24. The standard InChI is InChI=1S/C24H20N2/c1-19-13-15-22(16-14-19)26(21-9-3-2-4-10-21)23-11-7-8-20(18-23)24-12-5-6-17-25-24/h2-18H,1H3. The number of hydrogen-bond donors (Lipinski definition) is 0. The number of aryl methyl sites for hydroxylation is 1. The van der Waals surface area contributed by atoms with Gasteiger partial charge in [-0.3, -0.25) is 4.98 Å². The molecule has 0 fully saturated rings. The molecule has 0 atom stereocenters. The highest BCUT2D eigenvalue weighted by atomic mass is 15.1. The zero-order valence-electron chi connectivity index (χ0n) is 14.7. The summed E-state index contributed by atoms with van der Waals surface area (Å²) in [5.74, 6) is 0. The van der Waals surface area contributed by atoms with Crippen molar-refractivity contribution >= 4 is 17.1 Å². The smallest absolute Gasteiger partial charge is 0.0702 e. The monoisotopic (exact) mass is 336 g/mol. The Hall–Kier alpha value is -3.39. The fraction of sp³-hybridized carbons (Fsp3) is 0.0417. The molecule has 0 aliphatic heterocycles. The van der Waals surface area contributed by atoms with Gasteiger partial charge >= 0.3 is 0 Å². The Morgan fingerprint density at radius 1 is 0.615 bits per heavy atom. The lowest BCUT2D eigenvalue weighted by molar-refractivity contribution is 1.27. The lowest BCUT2D eigenvalue weighted by Crippen LogP contribution is -2.09. The number of pyridine rings is 1. The maximum atomic E-state index is 4.49. The van der Waals surface area contributed by atoms with E-state index in [-0.39, 0.29) is 0 Å². The fourth-order valence-corrected chi connectivity index (χ4v) is 3.06. The van der Waals surface area contributed by atoms with Gasteiger partial charge in [-0.2, -0.15) is 0 Å². The molecular formula is C24H20N2. The van der Waals surface area contributed by atoms with Crippen LogP contribution in [-0.4, -0.2) is 4.98 Å². The first-order chi connectivity index (χ1) is 12.8. The molecule has 0 aliphatic rings. The van der Waals surface area contributed by atoms with Crippen LogP contribution < -0.4 is 4.90 Å². The van der Waals surface area contributed by atoms with Gasteiger partial charge in [-0.15, -0.1) is 0 Å². The van der Waals surface area contributed by atoms with Crippen LogP contribution in [0.1, 0.15) is 5.56 Å². The van der Waals surface area contributed by atoms with Crippen molar-refractivity contribution < 1.29 is 0 Å². The average Bonchev–Trinajstić information content (AvgIpc) is 2.71. The van der Waals surface area contributed by atoms with Crippen molar-refractivity contribution in [1.29, 1.82) is 0 Å². The predicted octanol–water partition coefficient (Wildman–Crippen LogP) is 6.53. The highest BCUT2D eigenvalue weighted by Gasteiger charge is 2.13. The Bertz CT molecular complexity index is 977. The molecule has 0 unspecified atom stereocenters. The van der Waals surface area contributed by atoms with E-state index in [9.17, 15) is 0 Å². The summed E-state index contributed by atoms with van der Waals surface area (Å²) in [5, 5.41) is 0. The van der Waals surface area contributed by atoms with Gasteiger partial charge < -0.3 is 4.90 Å². The van der Waals surface area contributed by atoms with Crippen LogP contribution in [0.25, 0.3) is 11.3 Å². The van der Waals surface area contributed by atoms with Crippen LogP contribution >= 0.6 is 0 Å². The Labute approximate surface area is 154 Å². The Kier molecular flexibility index (Phi) is 4.48. The van der Waals surface area contributed by atoms with E-state index < -0.39 is 0 Å². The Morgan fingerprint density at radius 2 is 1.31 bits per heavy atom. The summed E-state index contributed by atoms with van der Waals surface area (Å²) in [6.45, 7) is 2.11. The summed E-state index contributed by atoms with van der Waals surface area (Å²) in [4.78, 5) is 6.76. The number of aromatic nitrogens is 1. The quantitative estimate of drug-likeness (QED) is 0.421. The number of para-hydroxylation sites is 1. The van der Waals surface area contributed by atoms with Gasteiger partial charge in [-0.1, -0.05) is 54.1 Å². The van der Waals surface area contributed by atoms with Gasteiger partial charge in [0.05, 0.1) is 5.69 Å². The molecule has 126 valence electrons. The normalized spacial score (nSPS) is 10.5. The SMILES string of the molecule is Cc1ccc(N(c2ccccc2)c2cccc(-c3ccccn3)c2)cc1. The first kappa shape index (κ1) is 16.1. The van der Waals surface area contributed by atoms with Gasteiger partial charge in [-0.05, 0) is 55.5 Å². The molecule has 3 aromatic carbocycles. The lowest BCUT2D eigenvalue weighted by atomic mass is 10.1. The van der Waals surface area contributed by atoms with Crippen molar-refractivity contribution in [2.45, 2.75) is 6.92 Å². The van der Waals surface area contributed by atoms with Crippen molar-refractivity contribution in [3.8, 4) is 11.3 Å². The van der Waals surface area contributed by atoms with E-state index in [1.54, 1.807) is 0 Å². The molecule has 4 rings (SSSR count). The van der Waals surface area contributed by atoms with Gasteiger partial charge in [0, 0.05) is 28.8 Å². The molecule has 0 spiro atoms. The number of nitrogens with zero attached hydrogens (tertiary/aromatic N) is 2. The first-order valence-corrected chi connectivity index (χ1v) is 8.74. The maximum Gasteiger partial charge on any atom is 0.0702 e. The number of rotatable bonds is 4. The predicted molar refractivity (Wildman–Crippen MR) is 109 cm³/mol. The molecule has 26 heavy (non-hydrogen) atoms. The maximum absolute atomic E-state index is 4.49. The van der Waals surface area contributed by atoms with Gasteiger partial charge in [-0.25, -0.2) is 0 Å². The fourth-order valence-electron chi connectivity index (χ4n) is 3.06. The van der Waals surface area contributed by atoms with Crippen LogP contribution in [0.2, 0.25) is 0 Å². The van der Waals surface area contributed by atoms with E-state index in [0.717, 1.165) is 28.3 Å². The van der Waals surface area contributed by atoms with Crippen LogP contribution in [0.3, 0.4) is 0 Å². The highest BCUT2D eigenvalue weighted by molar-refractivity contribution is 5.79. The molecule has 1 aromatic heterocycles. The lowest BCUT2D eigenvalue weighted by Gasteiger charge is -2.26. The Morgan fingerprint density at radius 3 is 2.04 bits per heavy atom. The van der Waals surface area contributed by atoms with E-state index in [1.165, 1.54) is 5.56 Å². The van der Waals surface area contributed by atoms with Crippen molar-refractivity contribution in [1.82, 2.24) is 4.98 Å². The van der Waals surface area contributed by atoms with Crippen LogP contribution in [0.15, 0.2) is 103 Å². The van der Waals surface area contributed by atoms with Crippen molar-refractivity contribution in [3.63, 3.8) is 0 Å². The number of hydrogen-bond acceptors (Lipinski definition) is 2. The van der Waals surface area contributed by atoms with Crippen LogP contribution in [0.5, 0.6) is 0 Å². The zero-order chi connectivity index (χ0) is 17.8. The topological polar surface area (TPSA) is 16.1 Å². The third kappa shape index (κ3) is 3.35. The molecule has 2 nitrogen and oxygen atoms in total. The summed E-state index contributed by atoms with van der Waals surface area (Å²) in [5.41, 5.74) is 6.73. The van der Waals surface area contributed by atoms with Crippen LogP contribution in [0, 0.1) is 6.92 Å². The van der Waals surface area contributed by atoms with Gasteiger partial charge in [0.2, 0.25) is 0 Å². The molecule has 0 bridgehead atoms. The van der Waals surface area contributed by atoms with Crippen molar-refractivity contribution in [2.24, 2.45) is 0 Å². The minimum atomic E-state index is 0.978. The summed E-state index contributed by atoms with van der Waals surface area (Å²) in [7, 11) is 0. The highest BCUT2D eigenvalue weighted by Crippen LogP contribution is 2.35. The zero-order valence-corrected chi connectivity index (χ0v) is 14.7. The third-order valence-corrected chi connectivity index (χ3v) is 4.37. The second-order valence-electron chi connectivity index (χ2n) is 6.27. The average molecular weight is 336 g/mol. The molecule has 0 N–H and O–H groups in total. The molecule has 0 saturated heterocycles. The van der Waals surface area contributed by atoms with E-state index in [0.29, 0.717) is 0 Å². The van der Waals surface area contributed by atoms with Crippen LogP contribution in [0.4, 0.5) is 17.1 Å². The summed E-state index contributed by atoms with van der Waals surface area (Å²) < 4.78 is 0. The number of anilines is 3. The first-order valence-electron chi connectivity index (χ1n) is 8.74. The molecule has 1 heterocycles. The molecule has 0 radical (unpaired) electrons. The molecule has 0 saturated carbocycles. The minimum Gasteiger partial charge on any atom is -0.310 e. The molecule has 0 aliphatic carbocycles. The van der Waals surface area contributed by atoms with Gasteiger partial charge in [0.15, 0.2) is 0 Å². The van der Waals surface area contributed by atoms with E-state index >= 15 is 0 Å². The number of benzene rings is 3. The van der Waals surface area contributed by atoms with E-state index in [1.807, 2.05) is 30.5 Å². The molecular weight excluding hydrogens is 316 g/mol. The summed E-state index contributed by atoms with van der Waals surface area (Å²) in [6.07, 6.45) is 1.83. The van der Waals surface area contributed by atoms with E-state index in [2.05, 4.69) is 89.6 Å². The third-order valence-electron chi connectivity index (χ3n) is 4.37. The molecule has 4 aromatic rings. The van der Waals surface area contributed by atoms with Crippen LogP contribution in [-0.2, 0) is 0 Å². The van der Waals surface area contributed by atoms with Gasteiger partial charge in [0.25, 0.3) is 0 Å². The second-order valence-corrected chi connectivity index (χ2v) is 6.27. The summed E-state index contributed by atoms with van der Waals surface area (Å²) >= 11 is 0. The minimum absolute atomic E-state index is 0.978. The largest absolute Gasteiger partial charge is 0.310 e.